The van der Waals surface area contributed by atoms with Crippen LogP contribution in [0.5, 0.6) is 11.5 Å². The molecule has 7 aromatic rings. The van der Waals surface area contributed by atoms with E-state index in [9.17, 15) is 41.0 Å². The zero-order chi connectivity index (χ0) is 64.0. The maximum Gasteiger partial charge on any atom is 0.416 e. The Bertz CT molecular complexity index is 3380. The number of benzene rings is 5. The Morgan fingerprint density at radius 1 is 0.544 bits per heavy atom. The van der Waals surface area contributed by atoms with Crippen LogP contribution in [-0.4, -0.2) is 95.5 Å². The third kappa shape index (κ3) is 19.3. The zero-order valence-corrected chi connectivity index (χ0v) is 51.9. The quantitative estimate of drug-likeness (QED) is 0.0769. The van der Waals surface area contributed by atoms with Gasteiger partial charge in [0, 0.05) is 59.4 Å². The minimum Gasteiger partial charge on any atom is -0.505 e. The average molecular weight is 1290 g/mol. The second-order valence-corrected chi connectivity index (χ2v) is 23.8. The number of nitrogens with zero attached hydrogens (tertiary/aromatic N) is 8. The molecule has 0 aliphatic carbocycles. The van der Waals surface area contributed by atoms with Crippen LogP contribution in [-0.2, 0) is 54.4 Å². The van der Waals surface area contributed by atoms with Crippen LogP contribution in [0.3, 0.4) is 0 Å². The van der Waals surface area contributed by atoms with E-state index in [2.05, 4.69) is 19.9 Å². The molecular formula is C68H78Cl2F6N8O6. The monoisotopic (exact) mass is 1290 g/mol. The van der Waals surface area contributed by atoms with Crippen LogP contribution in [0, 0.1) is 0 Å². The minimum atomic E-state index is -4.56. The lowest BCUT2D eigenvalue weighted by molar-refractivity contribution is -0.138. The molecule has 2 saturated heterocycles. The third-order valence-corrected chi connectivity index (χ3v) is 16.0. The summed E-state index contributed by atoms with van der Waals surface area (Å²) in [5, 5.41) is 9.77. The summed E-state index contributed by atoms with van der Waals surface area (Å²) in [5.41, 5.74) is 2.15. The van der Waals surface area contributed by atoms with E-state index in [0.29, 0.717) is 80.8 Å². The number of alkyl halides is 6. The van der Waals surface area contributed by atoms with Crippen molar-refractivity contribution in [1.29, 1.82) is 0 Å². The maximum absolute atomic E-state index is 13.8. The number of amides is 2. The van der Waals surface area contributed by atoms with E-state index in [4.69, 9.17) is 37.4 Å². The molecule has 1 N–H and O–H groups in total. The van der Waals surface area contributed by atoms with Crippen molar-refractivity contribution in [2.45, 2.75) is 181 Å². The van der Waals surface area contributed by atoms with Crippen LogP contribution >= 0.6 is 23.2 Å². The van der Waals surface area contributed by atoms with Crippen LogP contribution in [0.4, 0.5) is 47.8 Å². The molecule has 0 unspecified atom stereocenters. The first kappa shape index (κ1) is 69.6. The van der Waals surface area contributed by atoms with Crippen molar-refractivity contribution in [1.82, 2.24) is 29.7 Å². The molecule has 4 heterocycles. The molecule has 482 valence electrons. The lowest BCUT2D eigenvalue weighted by atomic mass is 9.86. The summed E-state index contributed by atoms with van der Waals surface area (Å²) >= 11 is 12.3. The smallest absolute Gasteiger partial charge is 0.416 e. The van der Waals surface area contributed by atoms with E-state index in [1.165, 1.54) is 24.5 Å². The van der Waals surface area contributed by atoms with Gasteiger partial charge in [0.2, 0.25) is 11.9 Å². The van der Waals surface area contributed by atoms with Gasteiger partial charge < -0.3 is 38.9 Å². The number of aromatic nitrogens is 4. The van der Waals surface area contributed by atoms with Gasteiger partial charge in [-0.2, -0.15) is 26.3 Å². The summed E-state index contributed by atoms with van der Waals surface area (Å²) in [6.07, 6.45) is -0.276. The molecule has 14 nitrogen and oxygen atoms in total. The van der Waals surface area contributed by atoms with Crippen molar-refractivity contribution in [2.24, 2.45) is 0 Å². The van der Waals surface area contributed by atoms with Gasteiger partial charge in [0.1, 0.15) is 6.61 Å². The Balaban J connectivity index is 0.000000256. The minimum absolute atomic E-state index is 0. The van der Waals surface area contributed by atoms with E-state index < -0.39 is 23.5 Å². The zero-order valence-electron chi connectivity index (χ0n) is 50.4. The van der Waals surface area contributed by atoms with Gasteiger partial charge in [-0.05, 0) is 143 Å². The van der Waals surface area contributed by atoms with Crippen LogP contribution in [0.25, 0.3) is 0 Å². The lowest BCUT2D eigenvalue weighted by Gasteiger charge is -2.47. The highest BCUT2D eigenvalue weighted by atomic mass is 35.5. The molecule has 2 aliphatic rings. The molecular weight excluding hydrogens is 1210 g/mol. The largest absolute Gasteiger partial charge is 0.505 e. The topological polar surface area (TPSA) is 147 Å². The van der Waals surface area contributed by atoms with E-state index in [0.717, 1.165) is 41.0 Å². The van der Waals surface area contributed by atoms with E-state index in [1.807, 2.05) is 152 Å². The van der Waals surface area contributed by atoms with Crippen molar-refractivity contribution in [3.8, 4) is 11.5 Å². The molecule has 0 radical (unpaired) electrons. The molecule has 2 fully saturated rings. The van der Waals surface area contributed by atoms with Crippen LogP contribution in [0.1, 0.15) is 126 Å². The number of likely N-dealkylation sites (tertiary alicyclic amines) is 2. The third-order valence-electron chi connectivity index (χ3n) is 15.6. The highest BCUT2D eigenvalue weighted by Crippen LogP contribution is 2.39. The van der Waals surface area contributed by atoms with Crippen molar-refractivity contribution < 1.29 is 55.2 Å². The van der Waals surface area contributed by atoms with E-state index >= 15 is 0 Å². The fraction of sp³-hybridized carbons (Fsp3) is 0.412. The van der Waals surface area contributed by atoms with E-state index in [-0.39, 0.29) is 103 Å². The number of carbonyl (C=O) groups excluding carboxylic acids is 2. The molecule has 22 heteroatoms. The fourth-order valence-electron chi connectivity index (χ4n) is 11.7. The normalized spacial score (nSPS) is 18.4. The fourth-order valence-corrected chi connectivity index (χ4v) is 12.2. The SMILES string of the molecule is C.CC[C@@H]1C[C@H](N(Cc2cc(Cl)cc(C(F)(F)F)c2)c2ncc(O)cn2)C[C@H](Cc2ccccc2)N1C(=O)OC(C)C.CC[C@@H]1C[C@H](N(Cc2cc(Cl)cc(C(F)(F)F)c2)c2ncc(OCc3ccccc3)cn2)C[C@H](Cc2ccccc2)N1C(=O)OC(C)C. The van der Waals surface area contributed by atoms with Crippen molar-refractivity contribution in [3.05, 3.63) is 201 Å². The standard InChI is InChI=1S/C37H40ClF3N4O3.C30H34ClF3N4O3.CH4/c1-4-31-19-32(20-33(17-26-11-7-5-8-12-26)45(31)36(46)48-25(2)3)44(23-28-15-29(37(39,40)41)18-30(38)16-28)35-42-21-34(22-43-35)47-24-27-13-9-6-10-14-27;1-4-24-14-25(15-26(12-20-8-6-5-7-9-20)38(24)29(40)41-19(2)3)37(28-35-16-27(39)17-36-28)18-21-10-22(30(32,33)34)13-23(31)11-21;/h5-16,18,21-22,25,31-33H,4,17,19-20,23-24H2,1-3H3;5-11,13,16-17,19,24-26,39H,4,12,14-15,18H2,1-3H3;1H4/t31-,32+,33+;24-,25+,26+;/m11./s1. The lowest BCUT2D eigenvalue weighted by Crippen LogP contribution is -2.58. The number of hydrogen-bond acceptors (Lipinski definition) is 12. The number of ether oxygens (including phenoxy) is 3. The predicted molar refractivity (Wildman–Crippen MR) is 337 cm³/mol. The molecule has 0 spiro atoms. The first-order valence-electron chi connectivity index (χ1n) is 29.8. The summed E-state index contributed by atoms with van der Waals surface area (Å²) in [7, 11) is 0. The first-order chi connectivity index (χ1) is 42.4. The van der Waals surface area contributed by atoms with Crippen molar-refractivity contribution in [3.63, 3.8) is 0 Å². The Morgan fingerprint density at radius 2 is 0.900 bits per heavy atom. The highest BCUT2D eigenvalue weighted by molar-refractivity contribution is 6.31. The number of hydrogen-bond donors (Lipinski definition) is 1. The number of rotatable bonds is 19. The first-order valence-corrected chi connectivity index (χ1v) is 30.5. The van der Waals surface area contributed by atoms with Gasteiger partial charge in [0.15, 0.2) is 11.5 Å². The average Bonchev–Trinajstić information content (AvgIpc) is 0.855. The summed E-state index contributed by atoms with van der Waals surface area (Å²) < 4.78 is 99.5. The summed E-state index contributed by atoms with van der Waals surface area (Å²) in [5.74, 6) is 0.930. The second-order valence-electron chi connectivity index (χ2n) is 22.9. The summed E-state index contributed by atoms with van der Waals surface area (Å²) in [4.78, 5) is 52.2. The molecule has 9 rings (SSSR count). The van der Waals surface area contributed by atoms with Crippen molar-refractivity contribution in [2.75, 3.05) is 9.80 Å². The van der Waals surface area contributed by atoms with Gasteiger partial charge in [-0.1, -0.05) is 135 Å². The molecule has 2 aliphatic heterocycles. The Labute approximate surface area is 533 Å². The molecule has 2 amide bonds. The molecule has 5 aromatic carbocycles. The maximum atomic E-state index is 13.8. The number of halogens is 8. The summed E-state index contributed by atoms with van der Waals surface area (Å²) in [6.45, 7) is 11.7. The Hall–Kier alpha value is -7.84. The second kappa shape index (κ2) is 31.8. The van der Waals surface area contributed by atoms with Crippen LogP contribution in [0.2, 0.25) is 10.0 Å². The number of anilines is 2. The Kier molecular flexibility index (Phi) is 24.6. The number of carbonyl (C=O) groups is 2. The van der Waals surface area contributed by atoms with Gasteiger partial charge in [-0.15, -0.1) is 0 Å². The predicted octanol–water partition coefficient (Wildman–Crippen LogP) is 17.0. The van der Waals surface area contributed by atoms with Crippen molar-refractivity contribution >= 4 is 47.3 Å². The van der Waals surface area contributed by atoms with Gasteiger partial charge in [-0.25, -0.2) is 29.5 Å². The van der Waals surface area contributed by atoms with Gasteiger partial charge in [0.25, 0.3) is 0 Å². The molecule has 0 saturated carbocycles. The number of piperidine rings is 2. The van der Waals surface area contributed by atoms with Crippen LogP contribution < -0.4 is 14.5 Å². The van der Waals surface area contributed by atoms with Gasteiger partial charge in [0.05, 0.1) is 48.1 Å². The molecule has 0 bridgehead atoms. The summed E-state index contributed by atoms with van der Waals surface area (Å²) in [6, 6.07) is 35.1. The molecule has 6 atom stereocenters. The Morgan fingerprint density at radius 3 is 1.26 bits per heavy atom. The van der Waals surface area contributed by atoms with E-state index in [1.54, 1.807) is 12.4 Å². The van der Waals surface area contributed by atoms with Gasteiger partial charge >= 0.3 is 24.5 Å². The van der Waals surface area contributed by atoms with Crippen LogP contribution in [0.15, 0.2) is 152 Å². The number of aromatic hydroxyl groups is 1. The molecule has 90 heavy (non-hydrogen) atoms. The highest BCUT2D eigenvalue weighted by Gasteiger charge is 2.44. The molecule has 2 aromatic heterocycles. The van der Waals surface area contributed by atoms with Gasteiger partial charge in [-0.3, -0.25) is 0 Å².